The molecule has 0 spiro atoms. The van der Waals surface area contributed by atoms with E-state index in [-0.39, 0.29) is 0 Å². The van der Waals surface area contributed by atoms with E-state index in [1.807, 2.05) is 0 Å². The summed E-state index contributed by atoms with van der Waals surface area (Å²) in [6, 6.07) is 0.649. The normalized spacial score (nSPS) is 22.5. The van der Waals surface area contributed by atoms with Gasteiger partial charge in [0.1, 0.15) is 0 Å². The highest BCUT2D eigenvalue weighted by Gasteiger charge is 2.17. The molecule has 16 heavy (non-hydrogen) atoms. The predicted molar refractivity (Wildman–Crippen MR) is 68.8 cm³/mol. The standard InChI is InChI=1S/C12H21N3S/c1-3-15-6-4-5-11(8-15)13-7-12-9-16-10(2)14-12/h9,11,13H,3-8H2,1-2H3. The van der Waals surface area contributed by atoms with E-state index in [4.69, 9.17) is 0 Å². The molecule has 3 nitrogen and oxygen atoms in total. The summed E-state index contributed by atoms with van der Waals surface area (Å²) in [6.07, 6.45) is 2.63. The summed E-state index contributed by atoms with van der Waals surface area (Å²) in [5, 5.41) is 6.94. The van der Waals surface area contributed by atoms with Crippen LogP contribution in [0.1, 0.15) is 30.5 Å². The Bertz CT molecular complexity index is 324. The number of nitrogens with zero attached hydrogens (tertiary/aromatic N) is 2. The number of rotatable bonds is 4. The monoisotopic (exact) mass is 239 g/mol. The average Bonchev–Trinajstić information content (AvgIpc) is 2.73. The Morgan fingerprint density at radius 2 is 2.50 bits per heavy atom. The molecule has 1 aliphatic heterocycles. The highest BCUT2D eigenvalue weighted by Crippen LogP contribution is 2.11. The zero-order chi connectivity index (χ0) is 11.4. The molecular formula is C12H21N3S. The molecule has 1 aliphatic rings. The molecule has 0 aliphatic carbocycles. The van der Waals surface area contributed by atoms with Gasteiger partial charge in [-0.15, -0.1) is 11.3 Å². The topological polar surface area (TPSA) is 28.2 Å². The second-order valence-electron chi connectivity index (χ2n) is 4.47. The molecule has 0 amide bonds. The van der Waals surface area contributed by atoms with E-state index in [1.54, 1.807) is 11.3 Å². The number of aryl methyl sites for hydroxylation is 1. The third-order valence-corrected chi connectivity index (χ3v) is 4.01. The lowest BCUT2D eigenvalue weighted by molar-refractivity contribution is 0.198. The van der Waals surface area contributed by atoms with Gasteiger partial charge >= 0.3 is 0 Å². The molecule has 2 rings (SSSR count). The summed E-state index contributed by atoms with van der Waals surface area (Å²) < 4.78 is 0. The van der Waals surface area contributed by atoms with Crippen molar-refractivity contribution in [3.8, 4) is 0 Å². The Morgan fingerprint density at radius 1 is 1.62 bits per heavy atom. The summed E-state index contributed by atoms with van der Waals surface area (Å²) in [4.78, 5) is 7.00. The van der Waals surface area contributed by atoms with Crippen molar-refractivity contribution >= 4 is 11.3 Å². The minimum atomic E-state index is 0.649. The zero-order valence-corrected chi connectivity index (χ0v) is 11.0. The third-order valence-electron chi connectivity index (χ3n) is 3.19. The highest BCUT2D eigenvalue weighted by molar-refractivity contribution is 7.09. The van der Waals surface area contributed by atoms with Crippen LogP contribution in [0.25, 0.3) is 0 Å². The fraction of sp³-hybridized carbons (Fsp3) is 0.750. The van der Waals surface area contributed by atoms with Crippen molar-refractivity contribution in [2.45, 2.75) is 39.3 Å². The van der Waals surface area contributed by atoms with Crippen LogP contribution in [0.5, 0.6) is 0 Å². The molecule has 1 atom stereocenters. The van der Waals surface area contributed by atoms with Gasteiger partial charge < -0.3 is 10.2 Å². The summed E-state index contributed by atoms with van der Waals surface area (Å²) in [6.45, 7) is 8.87. The summed E-state index contributed by atoms with van der Waals surface area (Å²) >= 11 is 1.73. The van der Waals surface area contributed by atoms with Crippen LogP contribution in [0, 0.1) is 6.92 Å². The Labute approximate surface area is 102 Å². The number of hydrogen-bond acceptors (Lipinski definition) is 4. The van der Waals surface area contributed by atoms with Crippen LogP contribution in [0.3, 0.4) is 0 Å². The largest absolute Gasteiger partial charge is 0.307 e. The Kier molecular flexibility index (Phi) is 4.32. The molecule has 90 valence electrons. The first-order valence-electron chi connectivity index (χ1n) is 6.14. The molecule has 1 aromatic rings. The maximum Gasteiger partial charge on any atom is 0.0897 e. The zero-order valence-electron chi connectivity index (χ0n) is 10.2. The van der Waals surface area contributed by atoms with Crippen LogP contribution in [-0.4, -0.2) is 35.6 Å². The Balaban J connectivity index is 1.77. The van der Waals surface area contributed by atoms with Gasteiger partial charge in [-0.2, -0.15) is 0 Å². The van der Waals surface area contributed by atoms with Crippen LogP contribution >= 0.6 is 11.3 Å². The predicted octanol–water partition coefficient (Wildman–Crippen LogP) is 2.03. The van der Waals surface area contributed by atoms with E-state index < -0.39 is 0 Å². The molecule has 1 unspecified atom stereocenters. The lowest BCUT2D eigenvalue weighted by Gasteiger charge is -2.32. The van der Waals surface area contributed by atoms with Crippen molar-refractivity contribution in [1.29, 1.82) is 0 Å². The van der Waals surface area contributed by atoms with Crippen LogP contribution in [0.4, 0.5) is 0 Å². The van der Waals surface area contributed by atoms with Gasteiger partial charge in [-0.25, -0.2) is 4.98 Å². The number of piperidine rings is 1. The van der Waals surface area contributed by atoms with Gasteiger partial charge in [-0.3, -0.25) is 0 Å². The molecular weight excluding hydrogens is 218 g/mol. The lowest BCUT2D eigenvalue weighted by Crippen LogP contribution is -2.45. The van der Waals surface area contributed by atoms with Gasteiger partial charge in [0.05, 0.1) is 10.7 Å². The lowest BCUT2D eigenvalue weighted by atomic mass is 10.1. The molecule has 2 heterocycles. The average molecular weight is 239 g/mol. The van der Waals surface area contributed by atoms with Crippen LogP contribution in [0.2, 0.25) is 0 Å². The third kappa shape index (κ3) is 3.27. The van der Waals surface area contributed by atoms with Crippen molar-refractivity contribution in [3.05, 3.63) is 16.1 Å². The second-order valence-corrected chi connectivity index (χ2v) is 5.53. The number of aromatic nitrogens is 1. The first-order valence-corrected chi connectivity index (χ1v) is 7.02. The molecule has 0 radical (unpaired) electrons. The van der Waals surface area contributed by atoms with Crippen molar-refractivity contribution < 1.29 is 0 Å². The minimum Gasteiger partial charge on any atom is -0.307 e. The molecule has 1 N–H and O–H groups in total. The maximum atomic E-state index is 4.48. The highest BCUT2D eigenvalue weighted by atomic mass is 32.1. The molecule has 0 bridgehead atoms. The SMILES string of the molecule is CCN1CCCC(NCc2csc(C)n2)C1. The molecule has 1 aromatic heterocycles. The van der Waals surface area contributed by atoms with Gasteiger partial charge in [0.25, 0.3) is 0 Å². The van der Waals surface area contributed by atoms with E-state index >= 15 is 0 Å². The smallest absolute Gasteiger partial charge is 0.0897 e. The van der Waals surface area contributed by atoms with Crippen molar-refractivity contribution in [1.82, 2.24) is 15.2 Å². The van der Waals surface area contributed by atoms with E-state index in [9.17, 15) is 0 Å². The fourth-order valence-electron chi connectivity index (χ4n) is 2.25. The minimum absolute atomic E-state index is 0.649. The first kappa shape index (κ1) is 12.0. The van der Waals surface area contributed by atoms with E-state index in [0.717, 1.165) is 11.6 Å². The van der Waals surface area contributed by atoms with Gasteiger partial charge in [0.2, 0.25) is 0 Å². The Morgan fingerprint density at radius 3 is 3.19 bits per heavy atom. The van der Waals surface area contributed by atoms with Gasteiger partial charge in [0.15, 0.2) is 0 Å². The number of hydrogen-bond donors (Lipinski definition) is 1. The number of likely N-dealkylation sites (tertiary alicyclic amines) is 1. The molecule has 0 saturated carbocycles. The molecule has 1 saturated heterocycles. The van der Waals surface area contributed by atoms with E-state index in [2.05, 4.69) is 34.4 Å². The second kappa shape index (κ2) is 5.75. The fourth-order valence-corrected chi connectivity index (χ4v) is 2.86. The molecule has 0 aromatic carbocycles. The van der Waals surface area contributed by atoms with Crippen molar-refractivity contribution in [2.24, 2.45) is 0 Å². The number of likely N-dealkylation sites (N-methyl/N-ethyl adjacent to an activating group) is 1. The van der Waals surface area contributed by atoms with Gasteiger partial charge in [0, 0.05) is 24.5 Å². The number of nitrogens with one attached hydrogen (secondary N) is 1. The summed E-state index contributed by atoms with van der Waals surface area (Å²) in [5.74, 6) is 0. The summed E-state index contributed by atoms with van der Waals surface area (Å²) in [7, 11) is 0. The van der Waals surface area contributed by atoms with Gasteiger partial charge in [-0.05, 0) is 32.9 Å². The van der Waals surface area contributed by atoms with Crippen LogP contribution in [0.15, 0.2) is 5.38 Å². The van der Waals surface area contributed by atoms with Gasteiger partial charge in [-0.1, -0.05) is 6.92 Å². The quantitative estimate of drug-likeness (QED) is 0.871. The number of thiazole rings is 1. The van der Waals surface area contributed by atoms with Crippen LogP contribution < -0.4 is 5.32 Å². The van der Waals surface area contributed by atoms with E-state index in [1.165, 1.54) is 38.2 Å². The van der Waals surface area contributed by atoms with Crippen LogP contribution in [-0.2, 0) is 6.54 Å². The maximum absolute atomic E-state index is 4.48. The molecule has 4 heteroatoms. The van der Waals surface area contributed by atoms with Crippen molar-refractivity contribution in [2.75, 3.05) is 19.6 Å². The first-order chi connectivity index (χ1) is 7.78. The van der Waals surface area contributed by atoms with Crippen molar-refractivity contribution in [3.63, 3.8) is 0 Å². The summed E-state index contributed by atoms with van der Waals surface area (Å²) in [5.41, 5.74) is 1.19. The van der Waals surface area contributed by atoms with E-state index in [0.29, 0.717) is 6.04 Å². The molecule has 1 fully saturated rings. The Hall–Kier alpha value is -0.450.